The second-order valence-electron chi connectivity index (χ2n) is 7.52. The number of piperidine rings is 1. The molecule has 136 valence electrons. The van der Waals surface area contributed by atoms with Gasteiger partial charge in [0.25, 0.3) is 5.84 Å². The van der Waals surface area contributed by atoms with Crippen molar-refractivity contribution in [3.8, 4) is 0 Å². The van der Waals surface area contributed by atoms with E-state index in [9.17, 15) is 20.1 Å². The summed E-state index contributed by atoms with van der Waals surface area (Å²) < 4.78 is 2.11. The first-order valence-corrected chi connectivity index (χ1v) is 8.86. The van der Waals surface area contributed by atoms with E-state index in [-0.39, 0.29) is 5.56 Å². The van der Waals surface area contributed by atoms with E-state index in [2.05, 4.69) is 9.48 Å². The number of aromatic carboxylic acids is 1. The number of carboxylic acid groups (broad SMARTS) is 1. The summed E-state index contributed by atoms with van der Waals surface area (Å²) in [4.78, 5) is 12.2. The second kappa shape index (κ2) is 6.42. The van der Waals surface area contributed by atoms with Gasteiger partial charge >= 0.3 is 0 Å². The van der Waals surface area contributed by atoms with Gasteiger partial charge in [-0.25, -0.2) is 9.48 Å². The molecule has 1 aromatic rings. The lowest BCUT2D eigenvalue weighted by Gasteiger charge is -2.41. The standard InChI is InChI=1S/C12H21N2O2.C7H6O2/c1-11(15)5-3-9-4-6-12(2,16)14-8-7-13(11)10(9)14;8-7(9)6-4-2-1-3-5-6/h9,15-16H,3-8H2,1-2H3;1-5H,(H,8,9)/q+1;/p-1/t9-,11-,12+;. The summed E-state index contributed by atoms with van der Waals surface area (Å²) in [7, 11) is 0. The highest BCUT2D eigenvalue weighted by Gasteiger charge is 2.55. The first-order valence-electron chi connectivity index (χ1n) is 8.86. The average molecular weight is 346 g/mol. The fraction of sp³-hybridized carbons (Fsp3) is 0.579. The normalized spacial score (nSPS) is 33.4. The Morgan fingerprint density at radius 1 is 1.20 bits per heavy atom. The van der Waals surface area contributed by atoms with Crippen LogP contribution in [0.3, 0.4) is 0 Å². The van der Waals surface area contributed by atoms with Crippen LogP contribution in [0.25, 0.3) is 0 Å². The Bertz CT molecular complexity index is 682. The molecule has 4 rings (SSSR count). The largest absolute Gasteiger partial charge is 0.545 e. The molecule has 1 saturated heterocycles. The fourth-order valence-electron chi connectivity index (χ4n) is 4.13. The Labute approximate surface area is 148 Å². The minimum Gasteiger partial charge on any atom is -0.545 e. The Balaban J connectivity index is 0.000000173. The summed E-state index contributed by atoms with van der Waals surface area (Å²) in [6, 6.07) is 8.06. The number of hydrogen-bond acceptors (Lipinski definition) is 5. The number of rotatable bonds is 1. The van der Waals surface area contributed by atoms with Gasteiger partial charge in [-0.2, -0.15) is 0 Å². The molecule has 3 heterocycles. The highest BCUT2D eigenvalue weighted by Crippen LogP contribution is 2.40. The van der Waals surface area contributed by atoms with Gasteiger partial charge in [-0.05, 0) is 18.4 Å². The maximum absolute atomic E-state index is 10.4. The Kier molecular flexibility index (Phi) is 4.60. The number of carboxylic acids is 1. The zero-order chi connectivity index (χ0) is 18.2. The lowest BCUT2D eigenvalue weighted by Crippen LogP contribution is -2.58. The van der Waals surface area contributed by atoms with Crippen molar-refractivity contribution >= 4 is 11.8 Å². The highest BCUT2D eigenvalue weighted by atomic mass is 16.4. The van der Waals surface area contributed by atoms with Crippen LogP contribution < -0.4 is 5.11 Å². The van der Waals surface area contributed by atoms with Crippen LogP contribution in [-0.2, 0) is 0 Å². The zero-order valence-corrected chi connectivity index (χ0v) is 14.8. The molecule has 0 bridgehead atoms. The second-order valence-corrected chi connectivity index (χ2v) is 7.52. The minimum atomic E-state index is -1.13. The number of nitrogens with zero attached hydrogens (tertiary/aromatic N) is 2. The summed E-state index contributed by atoms with van der Waals surface area (Å²) in [5, 5.41) is 30.8. The topological polar surface area (TPSA) is 86.8 Å². The average Bonchev–Trinajstić information content (AvgIpc) is 3.03. The minimum absolute atomic E-state index is 0.220. The van der Waals surface area contributed by atoms with Crippen molar-refractivity contribution in [2.45, 2.75) is 51.0 Å². The molecule has 1 aromatic carbocycles. The number of carbonyl (C=O) groups excluding carboxylic acids is 1. The molecule has 1 fully saturated rings. The van der Waals surface area contributed by atoms with Gasteiger partial charge in [0.2, 0.25) is 11.4 Å². The fourth-order valence-corrected chi connectivity index (χ4v) is 4.13. The van der Waals surface area contributed by atoms with E-state index in [1.807, 2.05) is 13.8 Å². The van der Waals surface area contributed by atoms with Crippen molar-refractivity contribution in [2.75, 3.05) is 13.1 Å². The molecule has 0 aliphatic carbocycles. The summed E-state index contributed by atoms with van der Waals surface area (Å²) in [5.41, 5.74) is -1.21. The molecule has 0 aromatic heterocycles. The van der Waals surface area contributed by atoms with E-state index in [1.165, 1.54) is 18.0 Å². The maximum atomic E-state index is 10.4. The van der Waals surface area contributed by atoms with Crippen molar-refractivity contribution in [1.82, 2.24) is 4.90 Å². The molecule has 3 aliphatic rings. The molecule has 25 heavy (non-hydrogen) atoms. The van der Waals surface area contributed by atoms with Crippen LogP contribution in [-0.4, -0.2) is 56.0 Å². The van der Waals surface area contributed by atoms with Gasteiger partial charge in [0.15, 0.2) is 0 Å². The third-order valence-electron chi connectivity index (χ3n) is 5.57. The molecule has 6 nitrogen and oxygen atoms in total. The third-order valence-corrected chi connectivity index (χ3v) is 5.57. The predicted molar refractivity (Wildman–Crippen MR) is 90.8 cm³/mol. The molecule has 0 unspecified atom stereocenters. The van der Waals surface area contributed by atoms with E-state index >= 15 is 0 Å². The lowest BCUT2D eigenvalue weighted by atomic mass is 9.83. The molecule has 3 atom stereocenters. The Morgan fingerprint density at radius 2 is 1.84 bits per heavy atom. The maximum Gasteiger partial charge on any atom is 0.254 e. The van der Waals surface area contributed by atoms with Crippen molar-refractivity contribution in [3.63, 3.8) is 0 Å². The van der Waals surface area contributed by atoms with E-state index in [0.29, 0.717) is 5.92 Å². The van der Waals surface area contributed by atoms with Gasteiger partial charge < -0.3 is 20.1 Å². The SMILES string of the molecule is C[C@]1(O)CC[C@H]2CC[C@@](C)(O)N3CC[N+]1=C23.O=C([O-])c1ccccc1. The van der Waals surface area contributed by atoms with Crippen LogP contribution in [0.4, 0.5) is 0 Å². The predicted octanol–water partition coefficient (Wildman–Crippen LogP) is 0.384. The van der Waals surface area contributed by atoms with Crippen molar-refractivity contribution in [1.29, 1.82) is 0 Å². The first-order chi connectivity index (χ1) is 11.7. The summed E-state index contributed by atoms with van der Waals surface area (Å²) in [6.45, 7) is 5.47. The van der Waals surface area contributed by atoms with E-state index in [0.717, 1.165) is 38.8 Å². The Hall–Kier alpha value is -1.92. The Morgan fingerprint density at radius 3 is 2.44 bits per heavy atom. The van der Waals surface area contributed by atoms with Crippen LogP contribution in [0.15, 0.2) is 30.3 Å². The van der Waals surface area contributed by atoms with Gasteiger partial charge in [0.1, 0.15) is 13.1 Å². The smallest absolute Gasteiger partial charge is 0.254 e. The molecular formula is C19H26N2O4. The van der Waals surface area contributed by atoms with Gasteiger partial charge in [-0.15, -0.1) is 0 Å². The molecule has 0 spiro atoms. The lowest BCUT2D eigenvalue weighted by molar-refractivity contribution is -0.654. The van der Waals surface area contributed by atoms with Gasteiger partial charge in [0, 0.05) is 26.7 Å². The van der Waals surface area contributed by atoms with E-state index < -0.39 is 17.4 Å². The molecule has 0 amide bonds. The van der Waals surface area contributed by atoms with Gasteiger partial charge in [-0.3, -0.25) is 0 Å². The third kappa shape index (κ3) is 3.41. The number of carbonyl (C=O) groups is 1. The van der Waals surface area contributed by atoms with Crippen LogP contribution in [0.2, 0.25) is 0 Å². The van der Waals surface area contributed by atoms with Crippen molar-refractivity contribution in [3.05, 3.63) is 35.9 Å². The summed E-state index contributed by atoms with van der Waals surface area (Å²) in [6.07, 6.45) is 3.78. The first kappa shape index (κ1) is 17.9. The van der Waals surface area contributed by atoms with Crippen LogP contribution in [0, 0.1) is 5.92 Å². The molecule has 3 aliphatic heterocycles. The van der Waals surface area contributed by atoms with Crippen LogP contribution >= 0.6 is 0 Å². The number of aliphatic hydroxyl groups is 2. The summed E-state index contributed by atoms with van der Waals surface area (Å²) in [5.74, 6) is 0.603. The zero-order valence-electron chi connectivity index (χ0n) is 14.8. The van der Waals surface area contributed by atoms with Gasteiger partial charge in [-0.1, -0.05) is 30.3 Å². The quantitative estimate of drug-likeness (QED) is 0.718. The van der Waals surface area contributed by atoms with E-state index in [4.69, 9.17) is 0 Å². The number of hydrogen-bond donors (Lipinski definition) is 2. The van der Waals surface area contributed by atoms with Crippen molar-refractivity contribution < 1.29 is 24.7 Å². The van der Waals surface area contributed by atoms with Gasteiger partial charge in [0.05, 0.1) is 11.9 Å². The number of benzene rings is 1. The number of amidine groups is 1. The molecule has 0 radical (unpaired) electrons. The van der Waals surface area contributed by atoms with E-state index in [1.54, 1.807) is 18.2 Å². The summed E-state index contributed by atoms with van der Waals surface area (Å²) >= 11 is 0. The molecular weight excluding hydrogens is 320 g/mol. The highest BCUT2D eigenvalue weighted by molar-refractivity contribution is 5.85. The molecule has 0 saturated carbocycles. The molecule has 2 N–H and O–H groups in total. The van der Waals surface area contributed by atoms with Crippen molar-refractivity contribution in [2.24, 2.45) is 5.92 Å². The van der Waals surface area contributed by atoms with Crippen LogP contribution in [0.5, 0.6) is 0 Å². The molecule has 6 heteroatoms. The van der Waals surface area contributed by atoms with Crippen LogP contribution in [0.1, 0.15) is 49.9 Å². The monoisotopic (exact) mass is 346 g/mol.